The maximum absolute atomic E-state index is 6.24. The molecule has 2 aliphatic rings. The van der Waals surface area contributed by atoms with Crippen molar-refractivity contribution in [1.82, 2.24) is 18.3 Å². The summed E-state index contributed by atoms with van der Waals surface area (Å²) in [6, 6.07) is 135. The molecule has 0 unspecified atom stereocenters. The SMILES string of the molecule is CC1(C)c2cc(-n3c4ccccc4c4cc(-c5ccc6c7ccccc7n(-c7ccc8oc9ccccc9c8c7)c6c5)ccc43)ccc2-c2ccc3sc4ccccc4c3c21.CC1(C)c2cc(-n3c4ccccc4c4ccc(-c5ccc6c7ccccc7n(-c7ccc8oc9ccccc9c8c7)c6c5)cc43)ccc2-c2ccc3sc4ccccc4c3c21. The fourth-order valence-electron chi connectivity index (χ4n) is 21.9. The molecule has 0 saturated carbocycles. The van der Waals surface area contributed by atoms with E-state index in [1.165, 1.54) is 206 Å². The number of fused-ring (bicyclic) bond motifs is 32. The summed E-state index contributed by atoms with van der Waals surface area (Å²) < 4.78 is 27.7. The fraction of sp³-hybridized carbons (Fsp3) is 0.0526. The van der Waals surface area contributed by atoms with Crippen LogP contribution in [0.3, 0.4) is 0 Å². The summed E-state index contributed by atoms with van der Waals surface area (Å²) in [4.78, 5) is 0. The number of hydrogen-bond acceptors (Lipinski definition) is 4. The second kappa shape index (κ2) is 24.9. The number of para-hydroxylation sites is 6. The maximum Gasteiger partial charge on any atom is 0.135 e. The van der Waals surface area contributed by atoms with Gasteiger partial charge in [-0.15, -0.1) is 22.7 Å². The molecule has 0 aliphatic heterocycles. The highest BCUT2D eigenvalue weighted by atomic mass is 32.1. The molecule has 26 aromatic rings. The van der Waals surface area contributed by atoms with Crippen LogP contribution in [0.2, 0.25) is 0 Å². The quantitative estimate of drug-likeness (QED) is 0.167. The Labute approximate surface area is 708 Å². The smallest absolute Gasteiger partial charge is 0.135 e. The highest BCUT2D eigenvalue weighted by Crippen LogP contribution is 2.57. The van der Waals surface area contributed by atoms with Gasteiger partial charge in [0.1, 0.15) is 22.3 Å². The first-order valence-electron chi connectivity index (χ1n) is 42.2. The van der Waals surface area contributed by atoms with Crippen molar-refractivity contribution in [2.24, 2.45) is 0 Å². The molecule has 0 N–H and O–H groups in total. The van der Waals surface area contributed by atoms with Crippen LogP contribution in [-0.4, -0.2) is 18.3 Å². The van der Waals surface area contributed by atoms with Crippen molar-refractivity contribution < 1.29 is 8.83 Å². The van der Waals surface area contributed by atoms with E-state index in [1.54, 1.807) is 0 Å². The first-order chi connectivity index (χ1) is 60.0. The Hall–Kier alpha value is -14.8. The van der Waals surface area contributed by atoms with Gasteiger partial charge >= 0.3 is 0 Å². The molecule has 0 fully saturated rings. The van der Waals surface area contributed by atoms with E-state index in [1.807, 2.05) is 46.9 Å². The Balaban J connectivity index is 0.000000128. The van der Waals surface area contributed by atoms with E-state index in [4.69, 9.17) is 8.83 Å². The molecule has 8 aromatic heterocycles. The normalized spacial score (nSPS) is 13.5. The zero-order valence-electron chi connectivity index (χ0n) is 67.1. The van der Waals surface area contributed by atoms with Gasteiger partial charge in [-0.3, -0.25) is 0 Å². The molecule has 0 radical (unpaired) electrons. The van der Waals surface area contributed by atoms with Crippen LogP contribution in [-0.2, 0) is 10.8 Å². The van der Waals surface area contributed by atoms with Gasteiger partial charge in [0.2, 0.25) is 0 Å². The molecule has 8 heterocycles. The second-order valence-electron chi connectivity index (χ2n) is 34.5. The highest BCUT2D eigenvalue weighted by molar-refractivity contribution is 7.26. The Morgan fingerprint density at radius 3 is 0.934 bits per heavy atom. The molecule has 0 spiro atoms. The average Bonchev–Trinajstić information content (AvgIpc) is 1.54. The number of thiophene rings is 2. The van der Waals surface area contributed by atoms with Crippen molar-refractivity contribution in [2.45, 2.75) is 38.5 Å². The summed E-state index contributed by atoms with van der Waals surface area (Å²) in [6.07, 6.45) is 0. The summed E-state index contributed by atoms with van der Waals surface area (Å²) in [5.74, 6) is 0. The van der Waals surface area contributed by atoms with Crippen LogP contribution in [0.1, 0.15) is 49.9 Å². The molecule has 18 aromatic carbocycles. The third kappa shape index (κ3) is 9.48. The number of furan rings is 2. The predicted octanol–water partition coefficient (Wildman–Crippen LogP) is 32.2. The largest absolute Gasteiger partial charge is 0.456 e. The summed E-state index contributed by atoms with van der Waals surface area (Å²) in [7, 11) is 0. The van der Waals surface area contributed by atoms with Crippen molar-refractivity contribution in [2.75, 3.05) is 0 Å². The maximum atomic E-state index is 6.24. The molecular weight excluding hydrogens is 1520 g/mol. The van der Waals surface area contributed by atoms with Crippen LogP contribution in [0.4, 0.5) is 0 Å². The standard InChI is InChI=1S/2C57H36N2OS/c1-57(2)46-32-36(21-24-37(46)42-25-28-54-55(56(42)57)43-14-6-10-18-53(43)61-54)58-48-16-8-4-12-39(48)44-29-33(20-26-49(44)58)34-19-23-40-38-11-3-7-15-47(38)59(50(40)30-34)35-22-27-52-45(31-35)41-13-5-9-17-51(41)60-52;1-57(2)46-32-36(21-25-37(46)43-26-28-54-55(56(43)57)44-14-6-10-18-53(44)61-54)59-48-16-8-4-12-39(48)41-24-20-34(30-50(41)59)33-19-23-40-38-11-3-7-15-47(38)58(49(40)29-33)35-22-27-52-45(31-35)42-13-5-9-17-51(42)60-52/h2*3-32H,1-2H3. The molecular formula is C114H72N4O2S2. The molecule has 6 nitrogen and oxygen atoms in total. The van der Waals surface area contributed by atoms with Gasteiger partial charge in [0.15, 0.2) is 0 Å². The van der Waals surface area contributed by atoms with Crippen molar-refractivity contribution in [3.63, 3.8) is 0 Å². The first kappa shape index (κ1) is 68.1. The monoisotopic (exact) mass is 1590 g/mol. The minimum absolute atomic E-state index is 0.158. The third-order valence-electron chi connectivity index (χ3n) is 27.4. The van der Waals surface area contributed by atoms with Crippen LogP contribution in [0, 0.1) is 0 Å². The summed E-state index contributed by atoms with van der Waals surface area (Å²) in [6.45, 7) is 9.67. The van der Waals surface area contributed by atoms with E-state index in [2.05, 4.69) is 386 Å². The lowest BCUT2D eigenvalue weighted by Crippen LogP contribution is -2.15. The molecule has 0 atom stereocenters. The van der Waals surface area contributed by atoms with Crippen LogP contribution >= 0.6 is 22.7 Å². The Bertz CT molecular complexity index is 9120. The van der Waals surface area contributed by atoms with Crippen LogP contribution in [0.15, 0.2) is 373 Å². The Morgan fingerprint density at radius 1 is 0.205 bits per heavy atom. The Kier molecular flexibility index (Phi) is 13.9. The average molecular weight is 1590 g/mol. The summed E-state index contributed by atoms with van der Waals surface area (Å²) in [5.41, 5.74) is 33.3. The van der Waals surface area contributed by atoms with E-state index in [-0.39, 0.29) is 10.8 Å². The van der Waals surface area contributed by atoms with Gasteiger partial charge in [-0.1, -0.05) is 240 Å². The van der Waals surface area contributed by atoms with Crippen molar-refractivity contribution in [3.8, 4) is 67.3 Å². The summed E-state index contributed by atoms with van der Waals surface area (Å²) >= 11 is 3.81. The minimum atomic E-state index is -0.170. The van der Waals surface area contributed by atoms with Crippen molar-refractivity contribution in [3.05, 3.63) is 386 Å². The highest BCUT2D eigenvalue weighted by Gasteiger charge is 2.40. The fourth-order valence-corrected chi connectivity index (χ4v) is 24.1. The van der Waals surface area contributed by atoms with E-state index >= 15 is 0 Å². The second-order valence-corrected chi connectivity index (χ2v) is 36.7. The van der Waals surface area contributed by atoms with Gasteiger partial charge in [0, 0.05) is 139 Å². The molecule has 572 valence electrons. The lowest BCUT2D eigenvalue weighted by Gasteiger charge is -2.23. The Morgan fingerprint density at radius 2 is 0.508 bits per heavy atom. The lowest BCUT2D eigenvalue weighted by molar-refractivity contribution is 0.666. The molecule has 0 amide bonds. The van der Waals surface area contributed by atoms with Crippen molar-refractivity contribution >= 4 is 194 Å². The van der Waals surface area contributed by atoms with Gasteiger partial charge in [-0.05, 0) is 218 Å². The summed E-state index contributed by atoms with van der Waals surface area (Å²) in [5, 5.41) is 20.1. The number of nitrogens with zero attached hydrogens (tertiary/aromatic N) is 4. The topological polar surface area (TPSA) is 46.0 Å². The van der Waals surface area contributed by atoms with E-state index < -0.39 is 0 Å². The van der Waals surface area contributed by atoms with Gasteiger partial charge < -0.3 is 27.1 Å². The van der Waals surface area contributed by atoms with Crippen LogP contribution in [0.25, 0.3) is 239 Å². The molecule has 122 heavy (non-hydrogen) atoms. The molecule has 2 aliphatic carbocycles. The number of benzene rings is 18. The van der Waals surface area contributed by atoms with Gasteiger partial charge in [-0.2, -0.15) is 0 Å². The first-order valence-corrected chi connectivity index (χ1v) is 43.8. The number of hydrogen-bond donors (Lipinski definition) is 0. The predicted molar refractivity (Wildman–Crippen MR) is 517 cm³/mol. The lowest BCUT2D eigenvalue weighted by atomic mass is 9.80. The van der Waals surface area contributed by atoms with Gasteiger partial charge in [0.25, 0.3) is 0 Å². The molecule has 0 bridgehead atoms. The zero-order chi connectivity index (χ0) is 80.3. The minimum Gasteiger partial charge on any atom is -0.456 e. The molecule has 28 rings (SSSR count). The third-order valence-corrected chi connectivity index (χ3v) is 29.7. The van der Waals surface area contributed by atoms with Crippen molar-refractivity contribution in [1.29, 1.82) is 0 Å². The zero-order valence-corrected chi connectivity index (χ0v) is 68.7. The number of rotatable bonds is 6. The van der Waals surface area contributed by atoms with E-state index in [9.17, 15) is 0 Å². The van der Waals surface area contributed by atoms with E-state index in [0.29, 0.717) is 0 Å². The van der Waals surface area contributed by atoms with Gasteiger partial charge in [-0.25, -0.2) is 0 Å². The molecule has 0 saturated heterocycles. The molecule has 8 heteroatoms. The van der Waals surface area contributed by atoms with Crippen LogP contribution < -0.4 is 0 Å². The van der Waals surface area contributed by atoms with E-state index in [0.717, 1.165) is 55.3 Å². The number of aromatic nitrogens is 4. The van der Waals surface area contributed by atoms with Gasteiger partial charge in [0.05, 0.1) is 44.1 Å². The van der Waals surface area contributed by atoms with Crippen LogP contribution in [0.5, 0.6) is 0 Å².